The Hall–Kier alpha value is -0.590. The van der Waals surface area contributed by atoms with E-state index in [9.17, 15) is 4.21 Å². The molecule has 0 aliphatic carbocycles. The predicted octanol–water partition coefficient (Wildman–Crippen LogP) is 3.52. The normalized spacial score (nSPS) is 14.3. The number of rotatable bonds is 6. The summed E-state index contributed by atoms with van der Waals surface area (Å²) in [4.78, 5) is 4.40. The smallest absolute Gasteiger partial charge is 0.145 e. The van der Waals surface area contributed by atoms with Gasteiger partial charge in [-0.05, 0) is 61.7 Å². The van der Waals surface area contributed by atoms with Crippen molar-refractivity contribution >= 4 is 32.6 Å². The first-order valence-corrected chi connectivity index (χ1v) is 8.36. The zero-order valence-corrected chi connectivity index (χ0v) is 14.8. The van der Waals surface area contributed by atoms with Gasteiger partial charge in [-0.1, -0.05) is 6.07 Å². The van der Waals surface area contributed by atoms with Gasteiger partial charge in [0.05, 0.1) is 16.2 Å². The van der Waals surface area contributed by atoms with Crippen molar-refractivity contribution in [2.45, 2.75) is 38.4 Å². The molecule has 0 bridgehead atoms. The summed E-state index contributed by atoms with van der Waals surface area (Å²) in [5, 5.41) is 0. The molecular formula is C14H21BrN2O2S. The van der Waals surface area contributed by atoms with Crippen molar-refractivity contribution in [2.24, 2.45) is 4.40 Å². The third kappa shape index (κ3) is 5.81. The summed E-state index contributed by atoms with van der Waals surface area (Å²) in [5.41, 5.74) is 1.52. The molecule has 0 aliphatic rings. The van der Waals surface area contributed by atoms with Gasteiger partial charge in [0.1, 0.15) is 15.6 Å². The van der Waals surface area contributed by atoms with E-state index in [-0.39, 0.29) is 4.75 Å². The maximum atomic E-state index is 12.2. The molecule has 6 heteroatoms. The topological polar surface area (TPSA) is 51.5 Å². The lowest BCUT2D eigenvalue weighted by Gasteiger charge is -2.15. The summed E-state index contributed by atoms with van der Waals surface area (Å²) < 4.78 is 22.0. The van der Waals surface area contributed by atoms with Crippen LogP contribution in [0.15, 0.2) is 27.2 Å². The molecule has 20 heavy (non-hydrogen) atoms. The maximum Gasteiger partial charge on any atom is 0.145 e. The van der Waals surface area contributed by atoms with Gasteiger partial charge in [-0.25, -0.2) is 9.19 Å². The van der Waals surface area contributed by atoms with E-state index >= 15 is 0 Å². The molecule has 0 spiro atoms. The van der Waals surface area contributed by atoms with Crippen LogP contribution in [0.1, 0.15) is 39.3 Å². The van der Waals surface area contributed by atoms with Gasteiger partial charge in [0.2, 0.25) is 0 Å². The first kappa shape index (κ1) is 17.5. The van der Waals surface area contributed by atoms with Crippen LogP contribution in [0, 0.1) is 0 Å². The Bertz CT molecular complexity index is 498. The summed E-state index contributed by atoms with van der Waals surface area (Å²) >= 11 is 3.35. The summed E-state index contributed by atoms with van der Waals surface area (Å²) in [6.45, 7) is 6.38. The Morgan fingerprint density at radius 1 is 1.45 bits per heavy atom. The number of aromatic nitrogens is 1. The van der Waals surface area contributed by atoms with Gasteiger partial charge < -0.3 is 4.74 Å². The summed E-state index contributed by atoms with van der Waals surface area (Å²) in [7, 11) is 0.380. The van der Waals surface area contributed by atoms with E-state index in [1.54, 1.807) is 7.11 Å². The molecule has 0 saturated heterocycles. The van der Waals surface area contributed by atoms with E-state index < -0.39 is 11.0 Å². The quantitative estimate of drug-likeness (QED) is 0.443. The van der Waals surface area contributed by atoms with Crippen LogP contribution in [0.25, 0.3) is 0 Å². The fourth-order valence-electron chi connectivity index (χ4n) is 1.41. The summed E-state index contributed by atoms with van der Waals surface area (Å²) in [5.74, 6) is 0. The Morgan fingerprint density at radius 2 is 2.15 bits per heavy atom. The highest BCUT2D eigenvalue weighted by molar-refractivity contribution is 9.10. The molecule has 0 N–H and O–H groups in total. The van der Waals surface area contributed by atoms with Crippen molar-refractivity contribution in [3.8, 4) is 0 Å². The molecule has 4 nitrogen and oxygen atoms in total. The Morgan fingerprint density at radius 3 is 2.70 bits per heavy atom. The van der Waals surface area contributed by atoms with Gasteiger partial charge in [0, 0.05) is 13.7 Å². The van der Waals surface area contributed by atoms with Crippen molar-refractivity contribution in [3.63, 3.8) is 0 Å². The predicted molar refractivity (Wildman–Crippen MR) is 87.5 cm³/mol. The molecule has 0 fully saturated rings. The third-order valence-electron chi connectivity index (χ3n) is 2.49. The van der Waals surface area contributed by atoms with Gasteiger partial charge in [-0.2, -0.15) is 4.40 Å². The van der Waals surface area contributed by atoms with Gasteiger partial charge >= 0.3 is 0 Å². The highest BCUT2D eigenvalue weighted by atomic mass is 79.9. The number of pyridine rings is 1. The second kappa shape index (κ2) is 8.00. The average Bonchev–Trinajstić information content (AvgIpc) is 2.36. The van der Waals surface area contributed by atoms with Crippen molar-refractivity contribution < 1.29 is 8.95 Å². The Labute approximate surface area is 131 Å². The minimum atomic E-state index is -1.29. The number of nitrogens with zero attached hydrogens (tertiary/aromatic N) is 2. The van der Waals surface area contributed by atoms with Crippen LogP contribution >= 0.6 is 15.9 Å². The first-order chi connectivity index (χ1) is 9.34. The Kier molecular flexibility index (Phi) is 6.99. The summed E-state index contributed by atoms with van der Waals surface area (Å²) in [6, 6.07) is 5.64. The lowest BCUT2D eigenvalue weighted by molar-refractivity contribution is 0.197. The standard InChI is InChI=1S/C14H21BrN2O2S/c1-14(2,3)20(18)17-12(8-6-10-19-4)11-7-5-9-13(15)16-11/h5,7,9H,6,8,10H2,1-4H3/b17-12+/t20-/m1/s1. The van der Waals surface area contributed by atoms with E-state index in [4.69, 9.17) is 4.74 Å². The number of ether oxygens (including phenoxy) is 1. The fourth-order valence-corrected chi connectivity index (χ4v) is 2.41. The minimum absolute atomic E-state index is 0.376. The lowest BCUT2D eigenvalue weighted by atomic mass is 10.1. The van der Waals surface area contributed by atoms with E-state index in [0.717, 1.165) is 22.4 Å². The molecule has 0 aromatic carbocycles. The molecule has 0 saturated carbocycles. The number of halogens is 1. The van der Waals surface area contributed by atoms with Crippen LogP contribution in [-0.2, 0) is 15.7 Å². The molecule has 1 atom stereocenters. The fraction of sp³-hybridized carbons (Fsp3) is 0.571. The summed E-state index contributed by atoms with van der Waals surface area (Å²) in [6.07, 6.45) is 1.52. The monoisotopic (exact) mass is 360 g/mol. The Balaban J connectivity index is 3.02. The third-order valence-corrected chi connectivity index (χ3v) is 4.37. The van der Waals surface area contributed by atoms with E-state index in [0.29, 0.717) is 13.0 Å². The molecular weight excluding hydrogens is 340 g/mol. The number of hydrogen-bond donors (Lipinski definition) is 0. The largest absolute Gasteiger partial charge is 0.385 e. The van der Waals surface area contributed by atoms with E-state index in [2.05, 4.69) is 25.3 Å². The molecule has 1 heterocycles. The van der Waals surface area contributed by atoms with Gasteiger partial charge in [-0.15, -0.1) is 0 Å². The maximum absolute atomic E-state index is 12.2. The minimum Gasteiger partial charge on any atom is -0.385 e. The molecule has 0 aliphatic heterocycles. The molecule has 112 valence electrons. The van der Waals surface area contributed by atoms with Gasteiger partial charge in [0.25, 0.3) is 0 Å². The number of methoxy groups -OCH3 is 1. The van der Waals surface area contributed by atoms with Crippen molar-refractivity contribution in [1.82, 2.24) is 4.98 Å². The highest BCUT2D eigenvalue weighted by Crippen LogP contribution is 2.16. The molecule has 0 amide bonds. The number of hydrogen-bond acceptors (Lipinski definition) is 3. The van der Waals surface area contributed by atoms with Crippen LogP contribution in [0.2, 0.25) is 0 Å². The van der Waals surface area contributed by atoms with E-state index in [1.165, 1.54) is 0 Å². The zero-order valence-electron chi connectivity index (χ0n) is 12.4. The molecule has 1 rings (SSSR count). The SMILES string of the molecule is COCCC/C(=N\[S@](=O)C(C)(C)C)c1cccc(Br)n1. The van der Waals surface area contributed by atoms with Crippen LogP contribution < -0.4 is 0 Å². The van der Waals surface area contributed by atoms with Crippen molar-refractivity contribution in [2.75, 3.05) is 13.7 Å². The average molecular weight is 361 g/mol. The van der Waals surface area contributed by atoms with Crippen molar-refractivity contribution in [3.05, 3.63) is 28.5 Å². The zero-order chi connectivity index (χ0) is 15.2. The van der Waals surface area contributed by atoms with Crippen LogP contribution in [0.4, 0.5) is 0 Å². The molecule has 1 aromatic rings. The molecule has 0 unspecified atom stereocenters. The lowest BCUT2D eigenvalue weighted by Crippen LogP contribution is -2.21. The van der Waals surface area contributed by atoms with Gasteiger partial charge in [0.15, 0.2) is 0 Å². The van der Waals surface area contributed by atoms with Crippen LogP contribution in [0.3, 0.4) is 0 Å². The molecule has 0 radical (unpaired) electrons. The van der Waals surface area contributed by atoms with Crippen LogP contribution in [0.5, 0.6) is 0 Å². The van der Waals surface area contributed by atoms with Crippen LogP contribution in [-0.4, -0.2) is 33.4 Å². The highest BCUT2D eigenvalue weighted by Gasteiger charge is 2.20. The molecule has 1 aromatic heterocycles. The van der Waals surface area contributed by atoms with Crippen molar-refractivity contribution in [1.29, 1.82) is 0 Å². The van der Waals surface area contributed by atoms with E-state index in [1.807, 2.05) is 39.0 Å². The first-order valence-electron chi connectivity index (χ1n) is 6.46. The van der Waals surface area contributed by atoms with Gasteiger partial charge in [-0.3, -0.25) is 0 Å². The second-order valence-corrected chi connectivity index (χ2v) is 8.06. The second-order valence-electron chi connectivity index (χ2n) is 5.34.